The second kappa shape index (κ2) is 9.66. The molecule has 0 bridgehead atoms. The van der Waals surface area contributed by atoms with Crippen molar-refractivity contribution in [1.82, 2.24) is 10.9 Å². The number of carbonyl (C=O) groups excluding carboxylic acids is 2. The number of hydrazine groups is 1. The highest BCUT2D eigenvalue weighted by Gasteiger charge is 2.16. The molecule has 0 fully saturated rings. The van der Waals surface area contributed by atoms with Gasteiger partial charge in [-0.05, 0) is 48.0 Å². The van der Waals surface area contributed by atoms with Crippen molar-refractivity contribution in [3.63, 3.8) is 0 Å². The Labute approximate surface area is 142 Å². The molecule has 8 heteroatoms. The first-order valence-electron chi connectivity index (χ1n) is 6.72. The van der Waals surface area contributed by atoms with Crippen molar-refractivity contribution in [2.24, 2.45) is 0 Å². The highest BCUT2D eigenvalue weighted by atomic mass is 79.9. The third kappa shape index (κ3) is 6.64. The summed E-state index contributed by atoms with van der Waals surface area (Å²) in [5.74, 6) is -0.317. The number of amides is 2. The van der Waals surface area contributed by atoms with Crippen molar-refractivity contribution < 1.29 is 19.1 Å². The molecule has 22 heavy (non-hydrogen) atoms. The molecule has 2 N–H and O–H groups in total. The first-order chi connectivity index (χ1) is 10.4. The summed E-state index contributed by atoms with van der Waals surface area (Å²) in [4.78, 5) is 23.3. The number of nitrogens with one attached hydrogen (secondary N) is 2. The monoisotopic (exact) mass is 392 g/mol. The predicted octanol–water partition coefficient (Wildman–Crippen LogP) is 2.44. The van der Waals surface area contributed by atoms with Crippen molar-refractivity contribution in [1.29, 1.82) is 0 Å². The number of halogens is 2. The van der Waals surface area contributed by atoms with E-state index in [1.807, 2.05) is 6.92 Å². The molecule has 0 aliphatic rings. The van der Waals surface area contributed by atoms with Crippen LogP contribution in [-0.2, 0) is 14.3 Å². The molecule has 6 nitrogen and oxygen atoms in total. The van der Waals surface area contributed by atoms with Gasteiger partial charge in [-0.15, -0.1) is 0 Å². The fourth-order valence-corrected chi connectivity index (χ4v) is 2.20. The van der Waals surface area contributed by atoms with Crippen LogP contribution in [0.2, 0.25) is 5.02 Å². The summed E-state index contributed by atoms with van der Waals surface area (Å²) in [5, 5.41) is 0.554. The van der Waals surface area contributed by atoms with Gasteiger partial charge in [0, 0.05) is 11.6 Å². The molecule has 1 rings (SSSR count). The van der Waals surface area contributed by atoms with E-state index in [0.29, 0.717) is 28.5 Å². The maximum Gasteiger partial charge on any atom is 0.279 e. The smallest absolute Gasteiger partial charge is 0.279 e. The van der Waals surface area contributed by atoms with E-state index in [9.17, 15) is 9.59 Å². The van der Waals surface area contributed by atoms with E-state index >= 15 is 0 Å². The zero-order valence-corrected chi connectivity index (χ0v) is 14.7. The maximum absolute atomic E-state index is 11.8. The van der Waals surface area contributed by atoms with Crippen LogP contribution in [0.5, 0.6) is 5.75 Å². The second-order valence-corrected chi connectivity index (χ2v) is 5.61. The standard InChI is InChI=1S/C14H18BrClN2O4/c1-3-21-7-6-13(19)17-18-14(20)9(2)22-12-5-4-10(16)8-11(12)15/h4-5,8-9H,3,6-7H2,1-2H3,(H,17,19)(H,18,20). The summed E-state index contributed by atoms with van der Waals surface area (Å²) in [6.45, 7) is 4.26. The van der Waals surface area contributed by atoms with E-state index in [2.05, 4.69) is 26.8 Å². The lowest BCUT2D eigenvalue weighted by Crippen LogP contribution is -2.47. The number of benzene rings is 1. The molecular formula is C14H18BrClN2O4. The van der Waals surface area contributed by atoms with E-state index in [4.69, 9.17) is 21.1 Å². The molecule has 0 aliphatic heterocycles. The average molecular weight is 394 g/mol. The van der Waals surface area contributed by atoms with E-state index in [0.717, 1.165) is 0 Å². The van der Waals surface area contributed by atoms with Gasteiger partial charge in [0.2, 0.25) is 5.91 Å². The van der Waals surface area contributed by atoms with E-state index in [1.165, 1.54) is 0 Å². The van der Waals surface area contributed by atoms with Crippen molar-refractivity contribution >= 4 is 39.3 Å². The van der Waals surface area contributed by atoms with E-state index < -0.39 is 12.0 Å². The summed E-state index contributed by atoms with van der Waals surface area (Å²) in [5.41, 5.74) is 4.60. The fraction of sp³-hybridized carbons (Fsp3) is 0.429. The molecule has 0 saturated heterocycles. The zero-order valence-electron chi connectivity index (χ0n) is 12.3. The number of carbonyl (C=O) groups is 2. The number of hydrogen-bond donors (Lipinski definition) is 2. The Kier molecular flexibility index (Phi) is 8.22. The van der Waals surface area contributed by atoms with Gasteiger partial charge in [-0.2, -0.15) is 0 Å². The van der Waals surface area contributed by atoms with Crippen LogP contribution in [0.1, 0.15) is 20.3 Å². The van der Waals surface area contributed by atoms with Crippen LogP contribution < -0.4 is 15.6 Å². The average Bonchev–Trinajstić information content (AvgIpc) is 2.47. The normalized spacial score (nSPS) is 11.6. The molecular weight excluding hydrogens is 376 g/mol. The lowest BCUT2D eigenvalue weighted by atomic mass is 10.3. The summed E-state index contributed by atoms with van der Waals surface area (Å²) < 4.78 is 11.2. The Hall–Kier alpha value is -1.31. The van der Waals surface area contributed by atoms with Crippen LogP contribution in [0.25, 0.3) is 0 Å². The Morgan fingerprint density at radius 1 is 1.36 bits per heavy atom. The zero-order chi connectivity index (χ0) is 16.5. The number of ether oxygens (including phenoxy) is 2. The molecule has 0 radical (unpaired) electrons. The van der Waals surface area contributed by atoms with Crippen LogP contribution in [0.4, 0.5) is 0 Å². The van der Waals surface area contributed by atoms with Gasteiger partial charge in [-0.1, -0.05) is 11.6 Å². The first kappa shape index (κ1) is 18.7. The fourth-order valence-electron chi connectivity index (χ4n) is 1.42. The van der Waals surface area contributed by atoms with Gasteiger partial charge in [0.15, 0.2) is 6.10 Å². The SMILES string of the molecule is CCOCCC(=O)NNC(=O)C(C)Oc1ccc(Cl)cc1Br. The van der Waals surface area contributed by atoms with Crippen LogP contribution in [-0.4, -0.2) is 31.1 Å². The van der Waals surface area contributed by atoms with Crippen molar-refractivity contribution in [2.75, 3.05) is 13.2 Å². The molecule has 1 aromatic rings. The molecule has 2 amide bonds. The lowest BCUT2D eigenvalue weighted by Gasteiger charge is -2.16. The molecule has 122 valence electrons. The molecule has 1 atom stereocenters. The Balaban J connectivity index is 2.40. The molecule has 1 aromatic carbocycles. The Bertz CT molecular complexity index is 528. The lowest BCUT2D eigenvalue weighted by molar-refractivity contribution is -0.133. The van der Waals surface area contributed by atoms with Gasteiger partial charge < -0.3 is 9.47 Å². The van der Waals surface area contributed by atoms with Crippen molar-refractivity contribution in [3.8, 4) is 5.75 Å². The summed E-state index contributed by atoms with van der Waals surface area (Å²) in [7, 11) is 0. The minimum absolute atomic E-state index is 0.173. The summed E-state index contributed by atoms with van der Waals surface area (Å²) in [6.07, 6.45) is -0.615. The third-order valence-electron chi connectivity index (χ3n) is 2.57. The van der Waals surface area contributed by atoms with Crippen LogP contribution in [0, 0.1) is 0 Å². The maximum atomic E-state index is 11.8. The van der Waals surface area contributed by atoms with Crippen molar-refractivity contribution in [2.45, 2.75) is 26.4 Å². The van der Waals surface area contributed by atoms with Crippen LogP contribution in [0.15, 0.2) is 22.7 Å². The van der Waals surface area contributed by atoms with Gasteiger partial charge in [-0.25, -0.2) is 0 Å². The van der Waals surface area contributed by atoms with Crippen molar-refractivity contribution in [3.05, 3.63) is 27.7 Å². The molecule has 0 aromatic heterocycles. The predicted molar refractivity (Wildman–Crippen MR) is 86.6 cm³/mol. The van der Waals surface area contributed by atoms with E-state index in [1.54, 1.807) is 25.1 Å². The largest absolute Gasteiger partial charge is 0.480 e. The number of hydrogen-bond acceptors (Lipinski definition) is 4. The molecule has 0 aliphatic carbocycles. The topological polar surface area (TPSA) is 76.7 Å². The Morgan fingerprint density at radius 3 is 2.73 bits per heavy atom. The second-order valence-electron chi connectivity index (χ2n) is 4.32. The minimum atomic E-state index is -0.787. The first-order valence-corrected chi connectivity index (χ1v) is 7.89. The van der Waals surface area contributed by atoms with Gasteiger partial charge in [0.1, 0.15) is 5.75 Å². The van der Waals surface area contributed by atoms with Crippen LogP contribution in [0.3, 0.4) is 0 Å². The Morgan fingerprint density at radius 2 is 2.09 bits per heavy atom. The third-order valence-corrected chi connectivity index (χ3v) is 3.42. The van der Waals surface area contributed by atoms with E-state index in [-0.39, 0.29) is 12.3 Å². The molecule has 0 spiro atoms. The van der Waals surface area contributed by atoms with Gasteiger partial charge in [0.05, 0.1) is 17.5 Å². The van der Waals surface area contributed by atoms with Gasteiger partial charge in [0.25, 0.3) is 5.91 Å². The number of rotatable bonds is 7. The van der Waals surface area contributed by atoms with Gasteiger partial charge in [-0.3, -0.25) is 20.4 Å². The summed E-state index contributed by atoms with van der Waals surface area (Å²) >= 11 is 9.13. The van der Waals surface area contributed by atoms with Gasteiger partial charge >= 0.3 is 0 Å². The minimum Gasteiger partial charge on any atom is -0.480 e. The van der Waals surface area contributed by atoms with Crippen LogP contribution >= 0.6 is 27.5 Å². The molecule has 0 saturated carbocycles. The molecule has 1 unspecified atom stereocenters. The quantitative estimate of drug-likeness (QED) is 0.551. The summed E-state index contributed by atoms with van der Waals surface area (Å²) in [6, 6.07) is 4.97. The molecule has 0 heterocycles. The highest BCUT2D eigenvalue weighted by molar-refractivity contribution is 9.10. The highest BCUT2D eigenvalue weighted by Crippen LogP contribution is 2.28.